The molecule has 0 aromatic carbocycles. The lowest BCUT2D eigenvalue weighted by atomic mass is 10.2. The fraction of sp³-hybridized carbons (Fsp3) is 0.438. The summed E-state index contributed by atoms with van der Waals surface area (Å²) in [5, 5.41) is 10.2. The number of rotatable bonds is 4. The fourth-order valence-corrected chi connectivity index (χ4v) is 3.18. The molecule has 0 aliphatic heterocycles. The number of fused-ring (bicyclic) bond motifs is 1. The zero-order chi connectivity index (χ0) is 19.0. The molecule has 0 spiro atoms. The Labute approximate surface area is 148 Å². The van der Waals surface area contributed by atoms with E-state index in [4.69, 9.17) is 0 Å². The molecule has 0 fully saturated rings. The SMILES string of the molecule is CC(=O)/C(Sc1nc(C(C)C)nc2c1c(=O)n(C)c(=O)n2C)=C(\C)O. The number of ketones is 1. The number of carbonyl (C=O) groups excluding carboxylic acids is 1. The van der Waals surface area contributed by atoms with Crippen LogP contribution in [-0.4, -0.2) is 30.0 Å². The quantitative estimate of drug-likeness (QED) is 0.380. The van der Waals surface area contributed by atoms with E-state index < -0.39 is 11.2 Å². The van der Waals surface area contributed by atoms with Crippen LogP contribution < -0.4 is 11.2 Å². The summed E-state index contributed by atoms with van der Waals surface area (Å²) in [6.07, 6.45) is 0. The second-order valence-electron chi connectivity index (χ2n) is 6.02. The normalized spacial score (nSPS) is 12.6. The third kappa shape index (κ3) is 3.37. The number of thioether (sulfide) groups is 1. The standard InChI is InChI=1S/C16H20N4O4S/c1-7(2)12-17-13-10(15(23)20(6)16(24)19(13)5)14(18-12)25-11(8(3)21)9(4)22/h7,21H,1-6H3/b11-8-. The van der Waals surface area contributed by atoms with Crippen molar-refractivity contribution in [3.05, 3.63) is 37.3 Å². The third-order valence-corrected chi connectivity index (χ3v) is 4.92. The fourth-order valence-electron chi connectivity index (χ4n) is 2.27. The Balaban J connectivity index is 2.96. The molecule has 2 aromatic rings. The Morgan fingerprint density at radius 3 is 2.20 bits per heavy atom. The van der Waals surface area contributed by atoms with Gasteiger partial charge < -0.3 is 5.11 Å². The van der Waals surface area contributed by atoms with Crippen molar-refractivity contribution < 1.29 is 9.90 Å². The van der Waals surface area contributed by atoms with E-state index in [2.05, 4.69) is 9.97 Å². The number of hydrogen-bond donors (Lipinski definition) is 1. The summed E-state index contributed by atoms with van der Waals surface area (Å²) < 4.78 is 2.24. The van der Waals surface area contributed by atoms with Crippen LogP contribution in [0.2, 0.25) is 0 Å². The highest BCUT2D eigenvalue weighted by molar-refractivity contribution is 8.04. The van der Waals surface area contributed by atoms with Crippen LogP contribution in [0, 0.1) is 0 Å². The van der Waals surface area contributed by atoms with Gasteiger partial charge in [-0.2, -0.15) is 0 Å². The van der Waals surface area contributed by atoms with Gasteiger partial charge in [0.1, 0.15) is 22.0 Å². The first kappa shape index (κ1) is 18.9. The molecule has 0 saturated carbocycles. The largest absolute Gasteiger partial charge is 0.511 e. The number of aliphatic hydroxyl groups excluding tert-OH is 1. The summed E-state index contributed by atoms with van der Waals surface area (Å²) in [4.78, 5) is 45.5. The zero-order valence-corrected chi connectivity index (χ0v) is 15.8. The maximum atomic E-state index is 12.6. The van der Waals surface area contributed by atoms with E-state index in [1.54, 1.807) is 0 Å². The van der Waals surface area contributed by atoms with Crippen molar-refractivity contribution in [1.29, 1.82) is 0 Å². The van der Waals surface area contributed by atoms with Crippen molar-refractivity contribution in [1.82, 2.24) is 19.1 Å². The second-order valence-corrected chi connectivity index (χ2v) is 7.02. The predicted molar refractivity (Wildman–Crippen MR) is 96.0 cm³/mol. The summed E-state index contributed by atoms with van der Waals surface area (Å²) in [6.45, 7) is 6.48. The average molecular weight is 364 g/mol. The summed E-state index contributed by atoms with van der Waals surface area (Å²) in [5.41, 5.74) is -0.843. The Bertz CT molecular complexity index is 1010. The molecule has 134 valence electrons. The smallest absolute Gasteiger partial charge is 0.332 e. The molecule has 1 N–H and O–H groups in total. The van der Waals surface area contributed by atoms with E-state index >= 15 is 0 Å². The van der Waals surface area contributed by atoms with E-state index in [1.807, 2.05) is 13.8 Å². The van der Waals surface area contributed by atoms with Crippen LogP contribution in [0.4, 0.5) is 0 Å². The molecular formula is C16H20N4O4S. The van der Waals surface area contributed by atoms with Crippen molar-refractivity contribution in [2.24, 2.45) is 14.1 Å². The molecule has 2 heterocycles. The minimum Gasteiger partial charge on any atom is -0.511 e. The molecule has 0 aliphatic carbocycles. The molecule has 0 atom stereocenters. The van der Waals surface area contributed by atoms with Gasteiger partial charge in [-0.05, 0) is 13.8 Å². The molecule has 25 heavy (non-hydrogen) atoms. The van der Waals surface area contributed by atoms with Crippen LogP contribution in [0.25, 0.3) is 11.0 Å². The van der Waals surface area contributed by atoms with Crippen molar-refractivity contribution in [3.63, 3.8) is 0 Å². The number of aliphatic hydroxyl groups is 1. The second kappa shape index (κ2) is 6.83. The van der Waals surface area contributed by atoms with Crippen LogP contribution in [0.15, 0.2) is 25.3 Å². The molecule has 0 unspecified atom stereocenters. The highest BCUT2D eigenvalue weighted by atomic mass is 32.2. The number of allylic oxidation sites excluding steroid dienone is 2. The summed E-state index contributed by atoms with van der Waals surface area (Å²) in [7, 11) is 2.89. The van der Waals surface area contributed by atoms with Gasteiger partial charge >= 0.3 is 5.69 Å². The van der Waals surface area contributed by atoms with Gasteiger partial charge in [0.05, 0.1) is 4.91 Å². The number of carbonyl (C=O) groups is 1. The first-order valence-electron chi connectivity index (χ1n) is 7.62. The van der Waals surface area contributed by atoms with Gasteiger partial charge in [0.2, 0.25) is 0 Å². The minimum absolute atomic E-state index is 0.0529. The van der Waals surface area contributed by atoms with Crippen LogP contribution in [0.3, 0.4) is 0 Å². The highest BCUT2D eigenvalue weighted by Gasteiger charge is 2.21. The monoisotopic (exact) mass is 364 g/mol. The van der Waals surface area contributed by atoms with Crippen LogP contribution in [0.1, 0.15) is 39.4 Å². The van der Waals surface area contributed by atoms with Crippen LogP contribution in [0.5, 0.6) is 0 Å². The predicted octanol–water partition coefficient (Wildman–Crippen LogP) is 1.62. The van der Waals surface area contributed by atoms with Gasteiger partial charge in [0.25, 0.3) is 5.56 Å². The van der Waals surface area contributed by atoms with Gasteiger partial charge in [0.15, 0.2) is 11.4 Å². The maximum absolute atomic E-state index is 12.6. The summed E-state index contributed by atoms with van der Waals surface area (Å²) in [5.74, 6) is -0.110. The first-order chi connectivity index (χ1) is 11.6. The van der Waals surface area contributed by atoms with E-state index in [0.29, 0.717) is 5.82 Å². The zero-order valence-electron chi connectivity index (χ0n) is 14.9. The molecule has 0 bridgehead atoms. The van der Waals surface area contributed by atoms with Crippen molar-refractivity contribution in [3.8, 4) is 0 Å². The van der Waals surface area contributed by atoms with E-state index in [1.165, 1.54) is 32.5 Å². The average Bonchev–Trinajstić information content (AvgIpc) is 2.54. The molecular weight excluding hydrogens is 344 g/mol. The van der Waals surface area contributed by atoms with Gasteiger partial charge in [0, 0.05) is 20.0 Å². The Hall–Kier alpha value is -2.42. The maximum Gasteiger partial charge on any atom is 0.332 e. The number of nitrogens with zero attached hydrogens (tertiary/aromatic N) is 4. The van der Waals surface area contributed by atoms with Crippen LogP contribution in [-0.2, 0) is 18.9 Å². The lowest BCUT2D eigenvalue weighted by molar-refractivity contribution is -0.113. The molecule has 2 aromatic heterocycles. The van der Waals surface area contributed by atoms with Crippen molar-refractivity contribution >= 4 is 28.6 Å². The Morgan fingerprint density at radius 1 is 1.12 bits per heavy atom. The number of Topliss-reactive ketones (excluding diaryl/α,β-unsaturated/α-hetero) is 1. The first-order valence-corrected chi connectivity index (χ1v) is 8.44. The molecule has 0 saturated heterocycles. The topological polar surface area (TPSA) is 107 Å². The van der Waals surface area contributed by atoms with Crippen molar-refractivity contribution in [2.75, 3.05) is 0 Å². The minimum atomic E-state index is -0.547. The molecule has 9 heteroatoms. The van der Waals surface area contributed by atoms with Crippen molar-refractivity contribution in [2.45, 2.75) is 38.6 Å². The molecule has 2 rings (SSSR count). The molecule has 0 radical (unpaired) electrons. The highest BCUT2D eigenvalue weighted by Crippen LogP contribution is 2.31. The van der Waals surface area contributed by atoms with Gasteiger partial charge in [-0.3, -0.25) is 18.7 Å². The summed E-state index contributed by atoms with van der Waals surface area (Å²) >= 11 is 0.904. The number of aryl methyl sites for hydroxylation is 1. The van der Waals surface area contributed by atoms with Gasteiger partial charge in [-0.15, -0.1) is 0 Å². The molecule has 8 nitrogen and oxygen atoms in total. The molecule has 0 aliphatic rings. The van der Waals surface area contributed by atoms with Gasteiger partial charge in [-0.1, -0.05) is 25.6 Å². The molecule has 0 amide bonds. The van der Waals surface area contributed by atoms with Crippen LogP contribution >= 0.6 is 11.8 Å². The number of aromatic nitrogens is 4. The Kier molecular flexibility index (Phi) is 5.17. The lowest BCUT2D eigenvalue weighted by Crippen LogP contribution is -2.38. The number of hydrogen-bond acceptors (Lipinski definition) is 7. The van der Waals surface area contributed by atoms with E-state index in [9.17, 15) is 19.5 Å². The lowest BCUT2D eigenvalue weighted by Gasteiger charge is -2.13. The van der Waals surface area contributed by atoms with E-state index in [0.717, 1.165) is 16.3 Å². The van der Waals surface area contributed by atoms with Gasteiger partial charge in [-0.25, -0.2) is 14.8 Å². The van der Waals surface area contributed by atoms with E-state index in [-0.39, 0.29) is 38.4 Å². The summed E-state index contributed by atoms with van der Waals surface area (Å²) in [6, 6.07) is 0. The third-order valence-electron chi connectivity index (χ3n) is 3.65. The Morgan fingerprint density at radius 2 is 1.72 bits per heavy atom.